The van der Waals surface area contributed by atoms with Crippen LogP contribution in [0.2, 0.25) is 0 Å². The zero-order valence-electron chi connectivity index (χ0n) is 20.5. The van der Waals surface area contributed by atoms with E-state index in [2.05, 4.69) is 47.8 Å². The Bertz CT molecular complexity index is 868. The van der Waals surface area contributed by atoms with Gasteiger partial charge in [-0.25, -0.2) is 0 Å². The van der Waals surface area contributed by atoms with Gasteiger partial charge in [-0.3, -0.25) is 4.79 Å². The van der Waals surface area contributed by atoms with Crippen LogP contribution in [0.4, 0.5) is 0 Å². The van der Waals surface area contributed by atoms with Crippen LogP contribution in [0.1, 0.15) is 79.3 Å². The second-order valence-corrected chi connectivity index (χ2v) is 9.49. The van der Waals surface area contributed by atoms with E-state index in [-0.39, 0.29) is 5.78 Å². The number of carbonyl (C=O) groups excluding carboxylic acids is 1. The SMILES string of the molecule is CNC[C@@H](CC(=O)c1cccc(C(=CCCCOC)c2ccccc2)c1)CC1CCCCC1. The van der Waals surface area contributed by atoms with Gasteiger partial charge in [0.1, 0.15) is 0 Å². The highest BCUT2D eigenvalue weighted by atomic mass is 16.5. The fourth-order valence-electron chi connectivity index (χ4n) is 5.16. The molecule has 0 aliphatic heterocycles. The smallest absolute Gasteiger partial charge is 0.163 e. The third-order valence-electron chi connectivity index (χ3n) is 6.84. The Labute approximate surface area is 200 Å². The molecule has 1 saturated carbocycles. The first kappa shape index (κ1) is 25.4. The number of Topliss-reactive ketones (excluding diaryl/α,β-unsaturated/α-hetero) is 1. The predicted molar refractivity (Wildman–Crippen MR) is 139 cm³/mol. The van der Waals surface area contributed by atoms with Crippen LogP contribution in [0.25, 0.3) is 5.57 Å². The number of carbonyl (C=O) groups is 1. The lowest BCUT2D eigenvalue weighted by atomic mass is 9.81. The number of hydrogen-bond acceptors (Lipinski definition) is 3. The van der Waals surface area contributed by atoms with Crippen molar-refractivity contribution in [1.29, 1.82) is 0 Å². The molecule has 0 radical (unpaired) electrons. The quantitative estimate of drug-likeness (QED) is 0.267. The molecule has 3 rings (SSSR count). The average molecular weight is 448 g/mol. The molecule has 2 aromatic carbocycles. The van der Waals surface area contributed by atoms with E-state index in [1.807, 2.05) is 25.2 Å². The van der Waals surface area contributed by atoms with Crippen molar-refractivity contribution in [2.45, 2.75) is 57.8 Å². The highest BCUT2D eigenvalue weighted by Crippen LogP contribution is 2.31. The molecule has 1 aliphatic carbocycles. The Morgan fingerprint density at radius 1 is 1.03 bits per heavy atom. The number of ether oxygens (including phenoxy) is 1. The molecular weight excluding hydrogens is 406 g/mol. The maximum Gasteiger partial charge on any atom is 0.163 e. The number of hydrogen-bond donors (Lipinski definition) is 1. The predicted octanol–water partition coefficient (Wildman–Crippen LogP) is 6.92. The second-order valence-electron chi connectivity index (χ2n) is 9.49. The minimum atomic E-state index is 0.264. The maximum absolute atomic E-state index is 13.3. The molecule has 1 fully saturated rings. The summed E-state index contributed by atoms with van der Waals surface area (Å²) in [4.78, 5) is 13.3. The van der Waals surface area contributed by atoms with Gasteiger partial charge in [0.15, 0.2) is 5.78 Å². The van der Waals surface area contributed by atoms with Gasteiger partial charge in [-0.2, -0.15) is 0 Å². The molecule has 1 N–H and O–H groups in total. The number of ketones is 1. The molecule has 1 aliphatic rings. The topological polar surface area (TPSA) is 38.3 Å². The van der Waals surface area contributed by atoms with Crippen LogP contribution in [-0.2, 0) is 4.74 Å². The summed E-state index contributed by atoms with van der Waals surface area (Å²) in [6, 6.07) is 18.7. The molecular formula is C30H41NO2. The van der Waals surface area contributed by atoms with Crippen molar-refractivity contribution in [3.05, 3.63) is 77.4 Å². The van der Waals surface area contributed by atoms with E-state index in [0.717, 1.165) is 43.0 Å². The fourth-order valence-corrected chi connectivity index (χ4v) is 5.16. The van der Waals surface area contributed by atoms with Gasteiger partial charge < -0.3 is 10.1 Å². The van der Waals surface area contributed by atoms with Gasteiger partial charge in [-0.05, 0) is 67.5 Å². The maximum atomic E-state index is 13.3. The summed E-state index contributed by atoms with van der Waals surface area (Å²) < 4.78 is 5.22. The van der Waals surface area contributed by atoms with E-state index in [0.29, 0.717) is 12.3 Å². The second kappa shape index (κ2) is 14.1. The molecule has 3 nitrogen and oxygen atoms in total. The van der Waals surface area contributed by atoms with Gasteiger partial charge in [-0.1, -0.05) is 86.7 Å². The van der Waals surface area contributed by atoms with Gasteiger partial charge in [-0.15, -0.1) is 0 Å². The molecule has 33 heavy (non-hydrogen) atoms. The number of nitrogens with one attached hydrogen (secondary N) is 1. The van der Waals surface area contributed by atoms with Crippen molar-refractivity contribution in [2.75, 3.05) is 27.3 Å². The molecule has 0 amide bonds. The van der Waals surface area contributed by atoms with Gasteiger partial charge in [0.05, 0.1) is 0 Å². The molecule has 0 saturated heterocycles. The van der Waals surface area contributed by atoms with Gasteiger partial charge in [0.2, 0.25) is 0 Å². The monoisotopic (exact) mass is 447 g/mol. The Balaban J connectivity index is 1.75. The first-order valence-electron chi connectivity index (χ1n) is 12.7. The van der Waals surface area contributed by atoms with Crippen molar-refractivity contribution >= 4 is 11.4 Å². The summed E-state index contributed by atoms with van der Waals surface area (Å²) in [6.07, 6.45) is 12.8. The summed E-state index contributed by atoms with van der Waals surface area (Å²) in [7, 11) is 3.74. The van der Waals surface area contributed by atoms with Crippen LogP contribution in [0.3, 0.4) is 0 Å². The minimum absolute atomic E-state index is 0.264. The molecule has 1 atom stereocenters. The van der Waals surface area contributed by atoms with Gasteiger partial charge in [0.25, 0.3) is 0 Å². The lowest BCUT2D eigenvalue weighted by Crippen LogP contribution is -2.24. The molecule has 0 heterocycles. The van der Waals surface area contributed by atoms with Crippen LogP contribution < -0.4 is 5.32 Å². The van der Waals surface area contributed by atoms with Crippen LogP contribution >= 0.6 is 0 Å². The summed E-state index contributed by atoms with van der Waals surface area (Å²) in [5.41, 5.74) is 4.32. The first-order valence-corrected chi connectivity index (χ1v) is 12.7. The lowest BCUT2D eigenvalue weighted by molar-refractivity contribution is 0.0951. The van der Waals surface area contributed by atoms with Crippen LogP contribution in [0, 0.1) is 11.8 Å². The normalized spacial score (nSPS) is 16.0. The number of allylic oxidation sites excluding steroid dienone is 1. The minimum Gasteiger partial charge on any atom is -0.385 e. The summed E-state index contributed by atoms with van der Waals surface area (Å²) in [5, 5.41) is 3.33. The largest absolute Gasteiger partial charge is 0.385 e. The van der Waals surface area contributed by atoms with E-state index in [1.54, 1.807) is 7.11 Å². The van der Waals surface area contributed by atoms with Crippen molar-refractivity contribution in [2.24, 2.45) is 11.8 Å². The first-order chi connectivity index (χ1) is 16.2. The van der Waals surface area contributed by atoms with E-state index in [1.165, 1.54) is 49.7 Å². The summed E-state index contributed by atoms with van der Waals surface area (Å²) in [5.74, 6) is 1.46. The highest BCUT2D eigenvalue weighted by molar-refractivity contribution is 5.97. The molecule has 178 valence electrons. The van der Waals surface area contributed by atoms with Crippen LogP contribution in [0.15, 0.2) is 60.7 Å². The van der Waals surface area contributed by atoms with Gasteiger partial charge in [0, 0.05) is 25.7 Å². The van der Waals surface area contributed by atoms with E-state index < -0.39 is 0 Å². The van der Waals surface area contributed by atoms with E-state index in [4.69, 9.17) is 4.74 Å². The van der Waals surface area contributed by atoms with E-state index in [9.17, 15) is 4.79 Å². The molecule has 0 bridgehead atoms. The molecule has 0 unspecified atom stereocenters. The standard InChI is InChI=1S/C30H41NO2/c1-31-23-25(20-24-12-5-3-6-13-24)21-30(32)28-17-11-16-27(22-28)29(18-9-10-19-33-2)26-14-7-4-8-15-26/h4,7-8,11,14-18,22,24-25,31H,3,5-6,9-10,12-13,19-21,23H2,1-2H3/t25-/m1/s1. The molecule has 2 aromatic rings. The number of rotatable bonds is 13. The Morgan fingerprint density at radius 3 is 2.48 bits per heavy atom. The van der Waals surface area contributed by atoms with Crippen LogP contribution in [0.5, 0.6) is 0 Å². The number of benzene rings is 2. The zero-order valence-corrected chi connectivity index (χ0v) is 20.5. The van der Waals surface area contributed by atoms with Crippen molar-refractivity contribution in [3.63, 3.8) is 0 Å². The van der Waals surface area contributed by atoms with Crippen molar-refractivity contribution in [3.8, 4) is 0 Å². The van der Waals surface area contributed by atoms with Gasteiger partial charge >= 0.3 is 0 Å². The Hall–Kier alpha value is -2.23. The third-order valence-corrected chi connectivity index (χ3v) is 6.84. The van der Waals surface area contributed by atoms with E-state index >= 15 is 0 Å². The fraction of sp³-hybridized carbons (Fsp3) is 0.500. The zero-order chi connectivity index (χ0) is 23.3. The molecule has 0 aromatic heterocycles. The molecule has 3 heteroatoms. The lowest BCUT2D eigenvalue weighted by Gasteiger charge is -2.26. The van der Waals surface area contributed by atoms with Crippen LogP contribution in [-0.4, -0.2) is 33.1 Å². The number of unbranched alkanes of at least 4 members (excludes halogenated alkanes) is 1. The Morgan fingerprint density at radius 2 is 1.76 bits per heavy atom. The average Bonchev–Trinajstić information content (AvgIpc) is 2.85. The van der Waals surface area contributed by atoms with Crippen molar-refractivity contribution < 1.29 is 9.53 Å². The Kier molecular flexibility index (Phi) is 10.9. The highest BCUT2D eigenvalue weighted by Gasteiger charge is 2.21. The summed E-state index contributed by atoms with van der Waals surface area (Å²) >= 11 is 0. The third kappa shape index (κ3) is 8.24. The number of methoxy groups -OCH3 is 1. The van der Waals surface area contributed by atoms with Crippen molar-refractivity contribution in [1.82, 2.24) is 5.32 Å². The summed E-state index contributed by atoms with van der Waals surface area (Å²) in [6.45, 7) is 1.67. The molecule has 0 spiro atoms.